The number of hydrogen-bond donors (Lipinski definition) is 0. The average molecular weight is 333 g/mol. The molecule has 0 aliphatic carbocycles. The minimum atomic E-state index is 0.708. The highest BCUT2D eigenvalue weighted by Gasteiger charge is 2.07. The number of rotatable bonds is 6. The molecule has 0 aliphatic rings. The maximum atomic E-state index is 8.98. The second-order valence-electron chi connectivity index (χ2n) is 5.88. The molecule has 0 saturated carbocycles. The fourth-order valence-corrected chi connectivity index (χ4v) is 3.48. The zero-order chi connectivity index (χ0) is 16.8. The van der Waals surface area contributed by atoms with E-state index in [9.17, 15) is 0 Å². The zero-order valence-electron chi connectivity index (χ0n) is 13.6. The Balaban J connectivity index is 1.59. The third-order valence-corrected chi connectivity index (χ3v) is 4.64. The van der Waals surface area contributed by atoms with Gasteiger partial charge in [0.15, 0.2) is 0 Å². The molecule has 3 rings (SSSR count). The van der Waals surface area contributed by atoms with E-state index in [0.29, 0.717) is 5.56 Å². The Morgan fingerprint density at radius 1 is 1.04 bits per heavy atom. The number of nitriles is 1. The van der Waals surface area contributed by atoms with E-state index in [1.54, 1.807) is 11.3 Å². The first-order chi connectivity index (χ1) is 11.7. The molecule has 0 atom stereocenters. The molecule has 0 unspecified atom stereocenters. The smallest absolute Gasteiger partial charge is 0.0991 e. The Morgan fingerprint density at radius 3 is 2.62 bits per heavy atom. The molecule has 0 saturated heterocycles. The predicted molar refractivity (Wildman–Crippen MR) is 97.7 cm³/mol. The van der Waals surface area contributed by atoms with Gasteiger partial charge in [0.05, 0.1) is 22.3 Å². The summed E-state index contributed by atoms with van der Waals surface area (Å²) in [5.41, 5.74) is 4.25. The lowest BCUT2D eigenvalue weighted by atomic mass is 10.1. The van der Waals surface area contributed by atoms with Crippen molar-refractivity contribution >= 4 is 11.3 Å². The Kier molecular flexibility index (Phi) is 5.37. The molecule has 120 valence electrons. The summed E-state index contributed by atoms with van der Waals surface area (Å²) in [7, 11) is 2.08. The predicted octanol–water partition coefficient (Wildman–Crippen LogP) is 4.24. The number of benzene rings is 2. The minimum Gasteiger partial charge on any atom is -0.296 e. The number of nitrogens with zero attached hydrogens (tertiary/aromatic N) is 3. The van der Waals surface area contributed by atoms with Crippen molar-refractivity contribution in [2.24, 2.45) is 0 Å². The van der Waals surface area contributed by atoms with Crippen molar-refractivity contribution < 1.29 is 0 Å². The van der Waals surface area contributed by atoms with E-state index in [-0.39, 0.29) is 0 Å². The van der Waals surface area contributed by atoms with E-state index in [2.05, 4.69) is 53.7 Å². The minimum absolute atomic E-state index is 0.708. The molecule has 1 heterocycles. The molecule has 1 aromatic heterocycles. The third-order valence-electron chi connectivity index (χ3n) is 3.74. The fourth-order valence-electron chi connectivity index (χ4n) is 2.66. The Morgan fingerprint density at radius 2 is 1.83 bits per heavy atom. The SMILES string of the molecule is CN(Cc1cccc(C#N)c1)Cc1csc(Cc2ccccc2)n1. The van der Waals surface area contributed by atoms with Gasteiger partial charge in [-0.1, -0.05) is 42.5 Å². The largest absolute Gasteiger partial charge is 0.296 e. The van der Waals surface area contributed by atoms with Crippen molar-refractivity contribution in [1.82, 2.24) is 9.88 Å². The summed E-state index contributed by atoms with van der Waals surface area (Å²) < 4.78 is 0. The lowest BCUT2D eigenvalue weighted by molar-refractivity contribution is 0.315. The van der Waals surface area contributed by atoms with E-state index < -0.39 is 0 Å². The molecule has 2 aromatic carbocycles. The molecular formula is C20H19N3S. The summed E-state index contributed by atoms with van der Waals surface area (Å²) in [6.07, 6.45) is 0.888. The van der Waals surface area contributed by atoms with Crippen LogP contribution in [-0.2, 0) is 19.5 Å². The van der Waals surface area contributed by atoms with Crippen LogP contribution in [0.25, 0.3) is 0 Å². The van der Waals surface area contributed by atoms with Crippen LogP contribution in [0.5, 0.6) is 0 Å². The van der Waals surface area contributed by atoms with Crippen LogP contribution in [0.4, 0.5) is 0 Å². The van der Waals surface area contributed by atoms with Crippen molar-refractivity contribution in [3.8, 4) is 6.07 Å². The second kappa shape index (κ2) is 7.87. The summed E-state index contributed by atoms with van der Waals surface area (Å²) in [6.45, 7) is 1.61. The summed E-state index contributed by atoms with van der Waals surface area (Å²) in [5, 5.41) is 12.3. The van der Waals surface area contributed by atoms with E-state index in [1.165, 1.54) is 5.56 Å². The standard InChI is InChI=1S/C20H19N3S/c1-23(13-18-9-5-8-17(10-18)12-21)14-19-15-24-20(22-19)11-16-6-3-2-4-7-16/h2-10,15H,11,13-14H2,1H3. The lowest BCUT2D eigenvalue weighted by Gasteiger charge is -2.15. The molecule has 0 radical (unpaired) electrons. The molecule has 0 spiro atoms. The number of hydrogen-bond acceptors (Lipinski definition) is 4. The molecule has 0 fully saturated rings. The van der Waals surface area contributed by atoms with Gasteiger partial charge in [-0.15, -0.1) is 11.3 Å². The number of thiazole rings is 1. The molecule has 0 amide bonds. The Bertz CT molecular complexity index is 833. The van der Waals surface area contributed by atoms with Gasteiger partial charge in [-0.05, 0) is 30.3 Å². The van der Waals surface area contributed by atoms with Crippen molar-refractivity contribution in [3.05, 3.63) is 87.4 Å². The van der Waals surface area contributed by atoms with Crippen LogP contribution < -0.4 is 0 Å². The van der Waals surface area contributed by atoms with Gasteiger partial charge in [0.1, 0.15) is 0 Å². The summed E-state index contributed by atoms with van der Waals surface area (Å²) in [6, 6.07) is 20.4. The van der Waals surface area contributed by atoms with E-state index in [1.807, 2.05) is 24.3 Å². The molecular weight excluding hydrogens is 314 g/mol. The van der Waals surface area contributed by atoms with Crippen LogP contribution in [0.1, 0.15) is 27.4 Å². The Hall–Kier alpha value is -2.48. The molecule has 0 N–H and O–H groups in total. The first kappa shape index (κ1) is 16.4. The van der Waals surface area contributed by atoms with Crippen LogP contribution in [0, 0.1) is 11.3 Å². The van der Waals surface area contributed by atoms with E-state index >= 15 is 0 Å². The van der Waals surface area contributed by atoms with Crippen LogP contribution in [0.2, 0.25) is 0 Å². The topological polar surface area (TPSA) is 39.9 Å². The fraction of sp³-hybridized carbons (Fsp3) is 0.200. The van der Waals surface area contributed by atoms with Gasteiger partial charge in [0.2, 0.25) is 0 Å². The monoisotopic (exact) mass is 333 g/mol. The third kappa shape index (κ3) is 4.51. The first-order valence-electron chi connectivity index (χ1n) is 7.88. The van der Waals surface area contributed by atoms with Crippen molar-refractivity contribution in [2.75, 3.05) is 7.05 Å². The Labute approximate surface area is 146 Å². The van der Waals surface area contributed by atoms with Gasteiger partial charge in [-0.2, -0.15) is 5.26 Å². The quantitative estimate of drug-likeness (QED) is 0.677. The van der Waals surface area contributed by atoms with E-state index in [0.717, 1.165) is 35.8 Å². The van der Waals surface area contributed by atoms with Gasteiger partial charge in [0.25, 0.3) is 0 Å². The summed E-state index contributed by atoms with van der Waals surface area (Å²) in [4.78, 5) is 6.97. The summed E-state index contributed by atoms with van der Waals surface area (Å²) in [5.74, 6) is 0. The van der Waals surface area contributed by atoms with Gasteiger partial charge in [-0.3, -0.25) is 4.90 Å². The molecule has 24 heavy (non-hydrogen) atoms. The van der Waals surface area contributed by atoms with Crippen molar-refractivity contribution in [1.29, 1.82) is 5.26 Å². The highest BCUT2D eigenvalue weighted by atomic mass is 32.1. The molecule has 0 bridgehead atoms. The molecule has 4 heteroatoms. The highest BCUT2D eigenvalue weighted by Crippen LogP contribution is 2.16. The van der Waals surface area contributed by atoms with Gasteiger partial charge in [0, 0.05) is 24.9 Å². The van der Waals surface area contributed by atoms with Gasteiger partial charge in [-0.25, -0.2) is 4.98 Å². The maximum Gasteiger partial charge on any atom is 0.0991 e. The lowest BCUT2D eigenvalue weighted by Crippen LogP contribution is -2.17. The van der Waals surface area contributed by atoms with Crippen LogP contribution in [0.3, 0.4) is 0 Å². The molecule has 0 aliphatic heterocycles. The normalized spacial score (nSPS) is 10.7. The highest BCUT2D eigenvalue weighted by molar-refractivity contribution is 7.09. The van der Waals surface area contributed by atoms with Gasteiger partial charge < -0.3 is 0 Å². The molecule has 3 aromatic rings. The maximum absolute atomic E-state index is 8.98. The van der Waals surface area contributed by atoms with E-state index in [4.69, 9.17) is 10.2 Å². The van der Waals surface area contributed by atoms with Crippen LogP contribution in [-0.4, -0.2) is 16.9 Å². The van der Waals surface area contributed by atoms with Crippen LogP contribution in [0.15, 0.2) is 60.0 Å². The summed E-state index contributed by atoms with van der Waals surface area (Å²) >= 11 is 1.72. The van der Waals surface area contributed by atoms with Crippen molar-refractivity contribution in [3.63, 3.8) is 0 Å². The van der Waals surface area contributed by atoms with Crippen molar-refractivity contribution in [2.45, 2.75) is 19.5 Å². The van der Waals surface area contributed by atoms with Crippen LogP contribution >= 0.6 is 11.3 Å². The zero-order valence-corrected chi connectivity index (χ0v) is 14.5. The van der Waals surface area contributed by atoms with Gasteiger partial charge >= 0.3 is 0 Å². The second-order valence-corrected chi connectivity index (χ2v) is 6.82. The number of aromatic nitrogens is 1. The molecule has 3 nitrogen and oxygen atoms in total. The first-order valence-corrected chi connectivity index (χ1v) is 8.75. The average Bonchev–Trinajstić information content (AvgIpc) is 3.02.